The van der Waals surface area contributed by atoms with Crippen LogP contribution in [0.5, 0.6) is 0 Å². The van der Waals surface area contributed by atoms with Crippen molar-refractivity contribution in [3.05, 3.63) is 37.6 Å². The monoisotopic (exact) mass is 418 g/mol. The molecule has 0 atom stereocenters. The van der Waals surface area contributed by atoms with Crippen molar-refractivity contribution in [1.29, 1.82) is 0 Å². The van der Waals surface area contributed by atoms with E-state index in [1.54, 1.807) is 0 Å². The zero-order valence-corrected chi connectivity index (χ0v) is 13.7. The van der Waals surface area contributed by atoms with E-state index in [1.165, 1.54) is 0 Å². The maximum absolute atomic E-state index is 5.84. The van der Waals surface area contributed by atoms with E-state index < -0.39 is 0 Å². The van der Waals surface area contributed by atoms with Gasteiger partial charge in [-0.25, -0.2) is 9.97 Å². The highest BCUT2D eigenvalue weighted by Gasteiger charge is 2.08. The van der Waals surface area contributed by atoms with Crippen LogP contribution in [0.25, 0.3) is 0 Å². The fraction of sp³-hybridized carbons (Fsp3) is 0.167. The summed E-state index contributed by atoms with van der Waals surface area (Å²) in [6, 6.07) is 6.04. The van der Waals surface area contributed by atoms with Gasteiger partial charge in [0.15, 0.2) is 0 Å². The van der Waals surface area contributed by atoms with E-state index in [9.17, 15) is 0 Å². The third-order valence-corrected chi connectivity index (χ3v) is 3.91. The second-order valence-electron chi connectivity index (χ2n) is 3.88. The molecule has 4 nitrogen and oxygen atoms in total. The lowest BCUT2D eigenvalue weighted by atomic mass is 10.2. The molecule has 1 heterocycles. The summed E-state index contributed by atoms with van der Waals surface area (Å²) in [4.78, 5) is 8.51. The quantitative estimate of drug-likeness (QED) is 0.728. The predicted molar refractivity (Wildman–Crippen MR) is 86.1 cm³/mol. The van der Waals surface area contributed by atoms with Crippen LogP contribution in [-0.4, -0.2) is 9.97 Å². The third-order valence-electron chi connectivity index (χ3n) is 2.48. The number of halogens is 2. The van der Waals surface area contributed by atoms with Crippen molar-refractivity contribution in [3.8, 4) is 0 Å². The van der Waals surface area contributed by atoms with Crippen LogP contribution < -0.4 is 11.1 Å². The molecular formula is C12H12BrIN4. The summed E-state index contributed by atoms with van der Waals surface area (Å²) in [7, 11) is 0. The van der Waals surface area contributed by atoms with Gasteiger partial charge in [-0.15, -0.1) is 0 Å². The van der Waals surface area contributed by atoms with Crippen LogP contribution in [0.1, 0.15) is 11.4 Å². The molecule has 0 radical (unpaired) electrons. The summed E-state index contributed by atoms with van der Waals surface area (Å²) in [5.41, 5.74) is 7.69. The molecule has 0 amide bonds. The minimum absolute atomic E-state index is 0.509. The third kappa shape index (κ3) is 2.92. The number of aromatic nitrogens is 2. The molecule has 0 saturated carbocycles. The first-order valence-electron chi connectivity index (χ1n) is 5.30. The molecule has 2 rings (SSSR count). The molecule has 0 spiro atoms. The van der Waals surface area contributed by atoms with Crippen molar-refractivity contribution in [2.45, 2.75) is 13.8 Å². The minimum atomic E-state index is 0.509. The van der Waals surface area contributed by atoms with Crippen LogP contribution >= 0.6 is 38.5 Å². The molecule has 3 N–H and O–H groups in total. The number of hydrogen-bond donors (Lipinski definition) is 2. The largest absolute Gasteiger partial charge is 0.383 e. The lowest BCUT2D eigenvalue weighted by Gasteiger charge is -2.12. The van der Waals surface area contributed by atoms with E-state index in [2.05, 4.69) is 53.8 Å². The van der Waals surface area contributed by atoms with Crippen molar-refractivity contribution >= 4 is 55.8 Å². The van der Waals surface area contributed by atoms with Crippen LogP contribution in [0.4, 0.5) is 17.3 Å². The molecular weight excluding hydrogens is 407 g/mol. The standard InChI is InChI=1S/C12H12BrIN4/c1-6-11(15)16-7(2)17-12(6)18-10-5-8(13)3-4-9(10)14/h3-5H,1-2H3,(H3,15,16,17,18). The average Bonchev–Trinajstić information content (AvgIpc) is 2.30. The Bertz CT molecular complexity index is 601. The van der Waals surface area contributed by atoms with Gasteiger partial charge >= 0.3 is 0 Å². The SMILES string of the molecule is Cc1nc(N)c(C)c(Nc2cc(Br)ccc2I)n1. The predicted octanol–water partition coefficient (Wildman–Crippen LogP) is 3.79. The van der Waals surface area contributed by atoms with Gasteiger partial charge in [-0.1, -0.05) is 15.9 Å². The first kappa shape index (κ1) is 13.5. The molecule has 0 aliphatic heterocycles. The fourth-order valence-corrected chi connectivity index (χ4v) is 2.32. The zero-order valence-electron chi connectivity index (χ0n) is 9.96. The smallest absolute Gasteiger partial charge is 0.139 e. The first-order chi connectivity index (χ1) is 8.47. The fourth-order valence-electron chi connectivity index (χ4n) is 1.49. The first-order valence-corrected chi connectivity index (χ1v) is 7.17. The van der Waals surface area contributed by atoms with E-state index in [1.807, 2.05) is 32.0 Å². The maximum Gasteiger partial charge on any atom is 0.139 e. The van der Waals surface area contributed by atoms with Gasteiger partial charge in [-0.05, 0) is 54.6 Å². The van der Waals surface area contributed by atoms with Gasteiger partial charge in [0, 0.05) is 13.6 Å². The summed E-state index contributed by atoms with van der Waals surface area (Å²) in [6.45, 7) is 3.73. The molecule has 0 saturated heterocycles. The summed E-state index contributed by atoms with van der Waals surface area (Å²) in [6.07, 6.45) is 0. The second-order valence-corrected chi connectivity index (χ2v) is 5.96. The Kier molecular flexibility index (Phi) is 4.06. The minimum Gasteiger partial charge on any atom is -0.383 e. The van der Waals surface area contributed by atoms with Crippen LogP contribution in [0.2, 0.25) is 0 Å². The molecule has 0 aliphatic carbocycles. The van der Waals surface area contributed by atoms with Gasteiger partial charge in [-0.2, -0.15) is 0 Å². The Hall–Kier alpha value is -0.890. The van der Waals surface area contributed by atoms with Gasteiger partial charge in [0.05, 0.1) is 5.69 Å². The van der Waals surface area contributed by atoms with E-state index in [-0.39, 0.29) is 0 Å². The van der Waals surface area contributed by atoms with Crippen molar-refractivity contribution in [1.82, 2.24) is 9.97 Å². The Morgan fingerprint density at radius 2 is 2.00 bits per heavy atom. The highest BCUT2D eigenvalue weighted by Crippen LogP contribution is 2.27. The highest BCUT2D eigenvalue weighted by molar-refractivity contribution is 14.1. The number of benzene rings is 1. The summed E-state index contributed by atoms with van der Waals surface area (Å²) < 4.78 is 2.13. The number of nitrogens with zero attached hydrogens (tertiary/aromatic N) is 2. The van der Waals surface area contributed by atoms with Gasteiger partial charge in [-0.3, -0.25) is 0 Å². The van der Waals surface area contributed by atoms with Gasteiger partial charge in [0.2, 0.25) is 0 Å². The topological polar surface area (TPSA) is 63.8 Å². The molecule has 1 aromatic heterocycles. The molecule has 0 bridgehead atoms. The number of nitrogen functional groups attached to an aromatic ring is 1. The Morgan fingerprint density at radius 3 is 2.72 bits per heavy atom. The lowest BCUT2D eigenvalue weighted by molar-refractivity contribution is 1.04. The number of anilines is 3. The lowest BCUT2D eigenvalue weighted by Crippen LogP contribution is -2.05. The summed E-state index contributed by atoms with van der Waals surface area (Å²) in [5.74, 6) is 1.91. The van der Waals surface area contributed by atoms with E-state index in [4.69, 9.17) is 5.73 Å². The van der Waals surface area contributed by atoms with Crippen LogP contribution in [0.3, 0.4) is 0 Å². The van der Waals surface area contributed by atoms with Crippen molar-refractivity contribution in [2.24, 2.45) is 0 Å². The highest BCUT2D eigenvalue weighted by atomic mass is 127. The number of aryl methyl sites for hydroxylation is 1. The van der Waals surface area contributed by atoms with Crippen LogP contribution in [0.15, 0.2) is 22.7 Å². The zero-order chi connectivity index (χ0) is 13.3. The van der Waals surface area contributed by atoms with Crippen LogP contribution in [0, 0.1) is 17.4 Å². The number of hydrogen-bond acceptors (Lipinski definition) is 4. The van der Waals surface area contributed by atoms with E-state index >= 15 is 0 Å². The number of rotatable bonds is 2. The Morgan fingerprint density at radius 1 is 1.28 bits per heavy atom. The maximum atomic E-state index is 5.84. The summed E-state index contributed by atoms with van der Waals surface area (Å²) >= 11 is 5.73. The average molecular weight is 419 g/mol. The van der Waals surface area contributed by atoms with Crippen molar-refractivity contribution < 1.29 is 0 Å². The molecule has 0 fully saturated rings. The molecule has 18 heavy (non-hydrogen) atoms. The van der Waals surface area contributed by atoms with Crippen molar-refractivity contribution in [3.63, 3.8) is 0 Å². The van der Waals surface area contributed by atoms with Gasteiger partial charge in [0.25, 0.3) is 0 Å². The number of nitrogens with one attached hydrogen (secondary N) is 1. The molecule has 6 heteroatoms. The number of nitrogens with two attached hydrogens (primary N) is 1. The molecule has 94 valence electrons. The molecule has 0 aliphatic rings. The van der Waals surface area contributed by atoms with Crippen LogP contribution in [-0.2, 0) is 0 Å². The Labute approximate surface area is 128 Å². The van der Waals surface area contributed by atoms with E-state index in [0.717, 1.165) is 25.1 Å². The van der Waals surface area contributed by atoms with E-state index in [0.29, 0.717) is 11.6 Å². The second kappa shape index (κ2) is 5.40. The normalized spacial score (nSPS) is 10.4. The summed E-state index contributed by atoms with van der Waals surface area (Å²) in [5, 5.41) is 3.29. The molecule has 0 unspecified atom stereocenters. The molecule has 1 aromatic carbocycles. The molecule has 2 aromatic rings. The Balaban J connectivity index is 2.43. The van der Waals surface area contributed by atoms with Gasteiger partial charge in [0.1, 0.15) is 17.5 Å². The van der Waals surface area contributed by atoms with Gasteiger partial charge < -0.3 is 11.1 Å². The van der Waals surface area contributed by atoms with Crippen molar-refractivity contribution in [2.75, 3.05) is 11.1 Å².